The summed E-state index contributed by atoms with van der Waals surface area (Å²) >= 11 is 0. The molecular formula is C8H15ClO4S. The zero-order valence-corrected chi connectivity index (χ0v) is 9.73. The van der Waals surface area contributed by atoms with Crippen LogP contribution in [-0.4, -0.2) is 41.1 Å². The normalized spacial score (nSPS) is 28.1. The van der Waals surface area contributed by atoms with Crippen LogP contribution in [0.3, 0.4) is 0 Å². The molecule has 1 rings (SSSR count). The van der Waals surface area contributed by atoms with Crippen molar-refractivity contribution >= 4 is 19.7 Å². The molecule has 0 aromatic carbocycles. The number of halogens is 1. The molecule has 0 bridgehead atoms. The lowest BCUT2D eigenvalue weighted by molar-refractivity contribution is 0.119. The summed E-state index contributed by atoms with van der Waals surface area (Å²) in [5.41, 5.74) is -0.337. The number of methoxy groups -OCH3 is 1. The van der Waals surface area contributed by atoms with Gasteiger partial charge >= 0.3 is 0 Å². The van der Waals surface area contributed by atoms with Crippen LogP contribution >= 0.6 is 10.7 Å². The van der Waals surface area contributed by atoms with Crippen molar-refractivity contribution < 1.29 is 17.9 Å². The van der Waals surface area contributed by atoms with Gasteiger partial charge in [0.2, 0.25) is 9.05 Å². The lowest BCUT2D eigenvalue weighted by Crippen LogP contribution is -2.30. The minimum Gasteiger partial charge on any atom is -0.385 e. The highest BCUT2D eigenvalue weighted by molar-refractivity contribution is 8.13. The minimum atomic E-state index is -3.46. The van der Waals surface area contributed by atoms with Gasteiger partial charge in [0, 0.05) is 36.4 Å². The van der Waals surface area contributed by atoms with E-state index in [0.717, 1.165) is 6.42 Å². The van der Waals surface area contributed by atoms with Crippen LogP contribution in [0.15, 0.2) is 0 Å². The van der Waals surface area contributed by atoms with Crippen molar-refractivity contribution in [3.05, 3.63) is 0 Å². The van der Waals surface area contributed by atoms with Crippen LogP contribution in [0.2, 0.25) is 0 Å². The Balaban J connectivity index is 2.62. The second kappa shape index (κ2) is 4.79. The number of rotatable bonds is 5. The highest BCUT2D eigenvalue weighted by atomic mass is 35.7. The van der Waals surface area contributed by atoms with Gasteiger partial charge in [0.1, 0.15) is 0 Å². The van der Waals surface area contributed by atoms with Gasteiger partial charge in [-0.25, -0.2) is 8.42 Å². The quantitative estimate of drug-likeness (QED) is 0.675. The predicted octanol–water partition coefficient (Wildman–Crippen LogP) is 0.998. The number of ether oxygens (including phenoxy) is 2. The molecule has 1 aliphatic heterocycles. The summed E-state index contributed by atoms with van der Waals surface area (Å²) in [7, 11) is 3.39. The third-order valence-corrected chi connectivity index (χ3v) is 3.78. The summed E-state index contributed by atoms with van der Waals surface area (Å²) in [5.74, 6) is -0.0229. The molecule has 1 heterocycles. The molecular weight excluding hydrogens is 228 g/mol. The Hall–Kier alpha value is 0.160. The molecule has 1 unspecified atom stereocenters. The fourth-order valence-corrected chi connectivity index (χ4v) is 3.51. The summed E-state index contributed by atoms with van der Waals surface area (Å²) in [6.45, 7) is 1.61. The molecule has 84 valence electrons. The Morgan fingerprint density at radius 2 is 2.29 bits per heavy atom. The molecule has 0 amide bonds. The topological polar surface area (TPSA) is 52.6 Å². The van der Waals surface area contributed by atoms with Crippen LogP contribution < -0.4 is 0 Å². The Kier molecular flexibility index (Phi) is 4.18. The second-order valence-electron chi connectivity index (χ2n) is 3.73. The maximum absolute atomic E-state index is 11.0. The first-order valence-electron chi connectivity index (χ1n) is 4.46. The minimum absolute atomic E-state index is 0.0229. The Bertz CT molecular complexity index is 269. The summed E-state index contributed by atoms with van der Waals surface area (Å²) in [6, 6.07) is 0. The molecule has 0 aromatic rings. The van der Waals surface area contributed by atoms with E-state index in [9.17, 15) is 8.42 Å². The summed E-state index contributed by atoms with van der Waals surface area (Å²) in [4.78, 5) is 0. The summed E-state index contributed by atoms with van der Waals surface area (Å²) in [5, 5.41) is 0. The lowest BCUT2D eigenvalue weighted by Gasteiger charge is -2.24. The third kappa shape index (κ3) is 3.73. The molecule has 14 heavy (non-hydrogen) atoms. The van der Waals surface area contributed by atoms with Gasteiger partial charge in [-0.2, -0.15) is 0 Å². The van der Waals surface area contributed by atoms with Gasteiger partial charge in [-0.1, -0.05) is 0 Å². The van der Waals surface area contributed by atoms with Crippen molar-refractivity contribution in [3.8, 4) is 0 Å². The Morgan fingerprint density at radius 3 is 2.71 bits per heavy atom. The molecule has 1 fully saturated rings. The zero-order chi connectivity index (χ0) is 10.7. The summed E-state index contributed by atoms with van der Waals surface area (Å²) < 4.78 is 32.2. The fourth-order valence-electron chi connectivity index (χ4n) is 1.72. The van der Waals surface area contributed by atoms with Crippen LogP contribution in [0.4, 0.5) is 0 Å². The van der Waals surface area contributed by atoms with Crippen LogP contribution in [-0.2, 0) is 18.5 Å². The van der Waals surface area contributed by atoms with Gasteiger partial charge < -0.3 is 9.47 Å². The fraction of sp³-hybridized carbons (Fsp3) is 1.00. The first-order chi connectivity index (χ1) is 6.47. The van der Waals surface area contributed by atoms with E-state index in [2.05, 4.69) is 0 Å². The molecule has 0 saturated carbocycles. The van der Waals surface area contributed by atoms with Crippen molar-refractivity contribution in [1.82, 2.24) is 0 Å². The second-order valence-corrected chi connectivity index (χ2v) is 6.51. The van der Waals surface area contributed by atoms with Gasteiger partial charge in [-0.05, 0) is 12.8 Å². The smallest absolute Gasteiger partial charge is 0.233 e. The standard InChI is InChI=1S/C8H15ClO4S/c1-12-4-2-8(3-5-13-6-8)7-14(9,10)11/h2-7H2,1H3. The van der Waals surface area contributed by atoms with Crippen molar-refractivity contribution in [2.75, 3.05) is 32.7 Å². The molecule has 0 N–H and O–H groups in total. The average Bonchev–Trinajstić information content (AvgIpc) is 2.47. The molecule has 1 aliphatic rings. The molecule has 0 spiro atoms. The lowest BCUT2D eigenvalue weighted by atomic mass is 9.86. The Labute approximate surface area is 88.9 Å². The number of hydrogen-bond donors (Lipinski definition) is 0. The first kappa shape index (κ1) is 12.2. The van der Waals surface area contributed by atoms with E-state index in [-0.39, 0.29) is 11.2 Å². The zero-order valence-electron chi connectivity index (χ0n) is 8.16. The Morgan fingerprint density at radius 1 is 1.57 bits per heavy atom. The van der Waals surface area contributed by atoms with E-state index >= 15 is 0 Å². The van der Waals surface area contributed by atoms with E-state index < -0.39 is 9.05 Å². The maximum atomic E-state index is 11.0. The van der Waals surface area contributed by atoms with Crippen LogP contribution in [0.25, 0.3) is 0 Å². The highest BCUT2D eigenvalue weighted by Crippen LogP contribution is 2.34. The molecule has 1 atom stereocenters. The van der Waals surface area contributed by atoms with Gasteiger partial charge in [0.25, 0.3) is 0 Å². The van der Waals surface area contributed by atoms with Crippen LogP contribution in [0.5, 0.6) is 0 Å². The molecule has 1 saturated heterocycles. The van der Waals surface area contributed by atoms with Crippen molar-refractivity contribution in [3.63, 3.8) is 0 Å². The van der Waals surface area contributed by atoms with Gasteiger partial charge in [-0.15, -0.1) is 0 Å². The van der Waals surface area contributed by atoms with E-state index in [1.54, 1.807) is 7.11 Å². The van der Waals surface area contributed by atoms with Crippen molar-refractivity contribution in [2.45, 2.75) is 12.8 Å². The monoisotopic (exact) mass is 242 g/mol. The van der Waals surface area contributed by atoms with E-state index in [0.29, 0.717) is 26.2 Å². The molecule has 4 nitrogen and oxygen atoms in total. The van der Waals surface area contributed by atoms with Crippen molar-refractivity contribution in [2.24, 2.45) is 5.41 Å². The van der Waals surface area contributed by atoms with E-state index in [4.69, 9.17) is 20.2 Å². The third-order valence-electron chi connectivity index (χ3n) is 2.50. The highest BCUT2D eigenvalue weighted by Gasteiger charge is 2.38. The summed E-state index contributed by atoms with van der Waals surface area (Å²) in [6.07, 6.45) is 1.41. The largest absolute Gasteiger partial charge is 0.385 e. The van der Waals surface area contributed by atoms with E-state index in [1.165, 1.54) is 0 Å². The van der Waals surface area contributed by atoms with Crippen LogP contribution in [0.1, 0.15) is 12.8 Å². The molecule has 0 radical (unpaired) electrons. The van der Waals surface area contributed by atoms with Gasteiger partial charge in [0.05, 0.1) is 12.4 Å². The number of hydrogen-bond acceptors (Lipinski definition) is 4. The van der Waals surface area contributed by atoms with Gasteiger partial charge in [-0.3, -0.25) is 0 Å². The SMILES string of the molecule is COCCC1(CS(=O)(=O)Cl)CCOC1. The van der Waals surface area contributed by atoms with E-state index in [1.807, 2.05) is 0 Å². The maximum Gasteiger partial charge on any atom is 0.233 e. The molecule has 6 heteroatoms. The molecule has 0 aromatic heterocycles. The van der Waals surface area contributed by atoms with Crippen molar-refractivity contribution in [1.29, 1.82) is 0 Å². The van der Waals surface area contributed by atoms with Gasteiger partial charge in [0.15, 0.2) is 0 Å². The predicted molar refractivity (Wildman–Crippen MR) is 54.0 cm³/mol. The first-order valence-corrected chi connectivity index (χ1v) is 6.94. The van der Waals surface area contributed by atoms with Crippen LogP contribution in [0, 0.1) is 5.41 Å². The average molecular weight is 243 g/mol. The molecule has 0 aliphatic carbocycles.